The van der Waals surface area contributed by atoms with Gasteiger partial charge in [-0.15, -0.1) is 11.3 Å². The summed E-state index contributed by atoms with van der Waals surface area (Å²) in [6.45, 7) is 3.31. The van der Waals surface area contributed by atoms with E-state index in [1.807, 2.05) is 18.2 Å². The molecule has 2 amide bonds. The lowest BCUT2D eigenvalue weighted by Crippen LogP contribution is -2.30. The van der Waals surface area contributed by atoms with Crippen molar-refractivity contribution in [3.8, 4) is 0 Å². The summed E-state index contributed by atoms with van der Waals surface area (Å²) in [4.78, 5) is 28.8. The standard InChI is InChI=1S/C26H28N4O4S2/c27-24(31)23-21-12-15-29(16-18-6-2-1-3-7-18)17-22(21)35-26(23)28-25(32)19-8-10-20(11-9-19)36(33,34)30-13-4-5-14-30/h1-3,6-11H,4-5,12-17H2,(H2,27,31)(H,28,32). The molecule has 1 saturated heterocycles. The first-order valence-electron chi connectivity index (χ1n) is 11.9. The molecule has 0 unspecified atom stereocenters. The van der Waals surface area contributed by atoms with E-state index in [0.717, 1.165) is 36.4 Å². The monoisotopic (exact) mass is 524 g/mol. The molecule has 3 N–H and O–H groups in total. The van der Waals surface area contributed by atoms with Gasteiger partial charge in [-0.3, -0.25) is 14.5 Å². The van der Waals surface area contributed by atoms with Crippen molar-refractivity contribution < 1.29 is 18.0 Å². The lowest BCUT2D eigenvalue weighted by Gasteiger charge is -2.27. The van der Waals surface area contributed by atoms with E-state index in [2.05, 4.69) is 22.3 Å². The number of hydrogen-bond donors (Lipinski definition) is 2. The highest BCUT2D eigenvalue weighted by atomic mass is 32.2. The Morgan fingerprint density at radius 2 is 1.67 bits per heavy atom. The van der Waals surface area contributed by atoms with E-state index in [1.54, 1.807) is 0 Å². The minimum Gasteiger partial charge on any atom is -0.365 e. The average molecular weight is 525 g/mol. The van der Waals surface area contributed by atoms with Gasteiger partial charge in [0.05, 0.1) is 10.5 Å². The molecule has 1 aromatic heterocycles. The number of hydrogen-bond acceptors (Lipinski definition) is 6. The van der Waals surface area contributed by atoms with E-state index in [9.17, 15) is 18.0 Å². The van der Waals surface area contributed by atoms with Gasteiger partial charge in [0.2, 0.25) is 10.0 Å². The van der Waals surface area contributed by atoms with Gasteiger partial charge in [0.15, 0.2) is 0 Å². The van der Waals surface area contributed by atoms with Crippen LogP contribution in [0.2, 0.25) is 0 Å². The van der Waals surface area contributed by atoms with Crippen LogP contribution < -0.4 is 11.1 Å². The van der Waals surface area contributed by atoms with Crippen LogP contribution in [0, 0.1) is 0 Å². The molecule has 0 saturated carbocycles. The zero-order valence-electron chi connectivity index (χ0n) is 19.8. The first kappa shape index (κ1) is 24.6. The third kappa shape index (κ3) is 4.94. The summed E-state index contributed by atoms with van der Waals surface area (Å²) < 4.78 is 27.0. The highest BCUT2D eigenvalue weighted by Gasteiger charge is 2.29. The number of amides is 2. The average Bonchev–Trinajstić information content (AvgIpc) is 3.53. The fourth-order valence-corrected chi connectivity index (χ4v) is 7.62. The number of nitrogens with two attached hydrogens (primary N) is 1. The minimum absolute atomic E-state index is 0.170. The van der Waals surface area contributed by atoms with Crippen LogP contribution in [0.5, 0.6) is 0 Å². The van der Waals surface area contributed by atoms with Crippen LogP contribution in [0.25, 0.3) is 0 Å². The second kappa shape index (κ2) is 10.1. The fraction of sp³-hybridized carbons (Fsp3) is 0.308. The van der Waals surface area contributed by atoms with Crippen molar-refractivity contribution >= 4 is 38.2 Å². The van der Waals surface area contributed by atoms with Crippen molar-refractivity contribution in [2.75, 3.05) is 25.0 Å². The van der Waals surface area contributed by atoms with Gasteiger partial charge in [0.1, 0.15) is 5.00 Å². The molecule has 36 heavy (non-hydrogen) atoms. The third-order valence-electron chi connectivity index (χ3n) is 6.68. The number of nitrogens with one attached hydrogen (secondary N) is 1. The van der Waals surface area contributed by atoms with Crippen LogP contribution >= 0.6 is 11.3 Å². The van der Waals surface area contributed by atoms with Crippen molar-refractivity contribution in [3.63, 3.8) is 0 Å². The van der Waals surface area contributed by atoms with Crippen molar-refractivity contribution in [1.29, 1.82) is 0 Å². The molecule has 8 nitrogen and oxygen atoms in total. The number of carbonyl (C=O) groups excluding carboxylic acids is 2. The maximum atomic E-state index is 13.0. The Morgan fingerprint density at radius 1 is 0.972 bits per heavy atom. The Balaban J connectivity index is 1.32. The number of benzene rings is 2. The molecule has 1 fully saturated rings. The van der Waals surface area contributed by atoms with Crippen molar-refractivity contribution in [1.82, 2.24) is 9.21 Å². The second-order valence-electron chi connectivity index (χ2n) is 9.11. The van der Waals surface area contributed by atoms with Gasteiger partial charge in [-0.2, -0.15) is 4.31 Å². The van der Waals surface area contributed by atoms with Crippen LogP contribution in [0.3, 0.4) is 0 Å². The van der Waals surface area contributed by atoms with Gasteiger partial charge in [-0.1, -0.05) is 30.3 Å². The van der Waals surface area contributed by atoms with Gasteiger partial charge in [0.25, 0.3) is 11.8 Å². The summed E-state index contributed by atoms with van der Waals surface area (Å²) in [5, 5.41) is 3.28. The molecule has 0 bridgehead atoms. The highest BCUT2D eigenvalue weighted by Crippen LogP contribution is 2.37. The summed E-state index contributed by atoms with van der Waals surface area (Å²) in [5.74, 6) is -0.978. The Hall–Kier alpha value is -3.05. The molecular weight excluding hydrogens is 496 g/mol. The van der Waals surface area contributed by atoms with Crippen molar-refractivity contribution in [2.45, 2.75) is 37.2 Å². The second-order valence-corrected chi connectivity index (χ2v) is 12.2. The van der Waals surface area contributed by atoms with E-state index in [4.69, 9.17) is 5.73 Å². The number of nitrogens with zero attached hydrogens (tertiary/aromatic N) is 2. The van der Waals surface area contributed by atoms with Gasteiger partial charge in [-0.05, 0) is 54.7 Å². The molecular formula is C26H28N4O4S2. The summed E-state index contributed by atoms with van der Waals surface area (Å²) in [6, 6.07) is 16.1. The number of rotatable bonds is 7. The number of sulfonamides is 1. The van der Waals surface area contributed by atoms with Crippen LogP contribution in [-0.4, -0.2) is 49.1 Å². The molecule has 0 spiro atoms. The highest BCUT2D eigenvalue weighted by molar-refractivity contribution is 7.89. The van der Waals surface area contributed by atoms with E-state index in [-0.39, 0.29) is 4.90 Å². The molecule has 2 aliphatic rings. The molecule has 10 heteroatoms. The SMILES string of the molecule is NC(=O)c1c(NC(=O)c2ccc(S(=O)(=O)N3CCCC3)cc2)sc2c1CCN(Cc1ccccc1)C2. The maximum Gasteiger partial charge on any atom is 0.256 e. The van der Waals surface area contributed by atoms with Gasteiger partial charge >= 0.3 is 0 Å². The molecule has 5 rings (SSSR count). The zero-order valence-corrected chi connectivity index (χ0v) is 21.4. The van der Waals surface area contributed by atoms with Gasteiger partial charge in [-0.25, -0.2) is 8.42 Å². The number of anilines is 1. The zero-order chi connectivity index (χ0) is 25.3. The predicted molar refractivity (Wildman–Crippen MR) is 139 cm³/mol. The quantitative estimate of drug-likeness (QED) is 0.492. The summed E-state index contributed by atoms with van der Waals surface area (Å²) in [6.07, 6.45) is 2.39. The predicted octanol–water partition coefficient (Wildman–Crippen LogP) is 3.44. The first-order valence-corrected chi connectivity index (χ1v) is 14.2. The number of thiophene rings is 1. The van der Waals surface area contributed by atoms with Crippen LogP contribution in [-0.2, 0) is 29.5 Å². The lowest BCUT2D eigenvalue weighted by molar-refractivity contribution is 0.0999. The van der Waals surface area contributed by atoms with Crippen LogP contribution in [0.4, 0.5) is 5.00 Å². The molecule has 2 aromatic carbocycles. The molecule has 2 aliphatic heterocycles. The summed E-state index contributed by atoms with van der Waals surface area (Å²) in [5.41, 5.74) is 8.51. The Bertz CT molecular complexity index is 1380. The topological polar surface area (TPSA) is 113 Å². The Kier molecular flexibility index (Phi) is 6.94. The lowest BCUT2D eigenvalue weighted by atomic mass is 10.0. The molecule has 0 atom stereocenters. The number of fused-ring (bicyclic) bond motifs is 1. The van der Waals surface area contributed by atoms with E-state index < -0.39 is 21.8 Å². The molecule has 0 aliphatic carbocycles. The number of carbonyl (C=O) groups is 2. The van der Waals surface area contributed by atoms with E-state index >= 15 is 0 Å². The Labute approximate surface area is 214 Å². The van der Waals surface area contributed by atoms with Gasteiger partial charge < -0.3 is 11.1 Å². The van der Waals surface area contributed by atoms with Crippen LogP contribution in [0.15, 0.2) is 59.5 Å². The molecule has 3 aromatic rings. The van der Waals surface area contributed by atoms with Gasteiger partial charge in [0, 0.05) is 43.2 Å². The van der Waals surface area contributed by atoms with Crippen LogP contribution in [0.1, 0.15) is 49.6 Å². The number of primary amides is 1. The Morgan fingerprint density at radius 3 is 2.33 bits per heavy atom. The first-order chi connectivity index (χ1) is 17.3. The van der Waals surface area contributed by atoms with E-state index in [1.165, 1.54) is 45.5 Å². The summed E-state index contributed by atoms with van der Waals surface area (Å²) >= 11 is 1.37. The minimum atomic E-state index is -3.55. The van der Waals surface area contributed by atoms with E-state index in [0.29, 0.717) is 42.2 Å². The van der Waals surface area contributed by atoms with Crippen molar-refractivity contribution in [3.05, 3.63) is 81.7 Å². The molecule has 3 heterocycles. The smallest absolute Gasteiger partial charge is 0.256 e. The largest absolute Gasteiger partial charge is 0.365 e. The maximum absolute atomic E-state index is 13.0. The molecule has 188 valence electrons. The normalized spacial score (nSPS) is 16.6. The fourth-order valence-electron chi connectivity index (χ4n) is 4.81. The van der Waals surface area contributed by atoms with Crippen molar-refractivity contribution in [2.24, 2.45) is 5.73 Å². The molecule has 0 radical (unpaired) electrons. The summed E-state index contributed by atoms with van der Waals surface area (Å²) in [7, 11) is -3.55. The third-order valence-corrected chi connectivity index (χ3v) is 9.72.